The lowest BCUT2D eigenvalue weighted by molar-refractivity contribution is -0.157. The Labute approximate surface area is 554 Å². The van der Waals surface area contributed by atoms with Crippen molar-refractivity contribution in [1.29, 1.82) is 0 Å². The van der Waals surface area contributed by atoms with E-state index in [-0.39, 0.29) is 55.8 Å². The van der Waals surface area contributed by atoms with Gasteiger partial charge >= 0.3 is 0 Å². The molecule has 5 N–H and O–H groups in total. The predicted octanol–water partition coefficient (Wildman–Crippen LogP) is 6.25. The van der Waals surface area contributed by atoms with Crippen LogP contribution in [0.2, 0.25) is 0 Å². The number of nitrogens with one attached hydrogen (secondary N) is 4. The molecule has 1 aliphatic heterocycles. The van der Waals surface area contributed by atoms with Crippen LogP contribution >= 0.6 is 0 Å². The normalized spacial score (nSPS) is 25.6. The molecule has 1 saturated heterocycles. The second kappa shape index (κ2) is 41.5. The van der Waals surface area contributed by atoms with E-state index < -0.39 is 156 Å². The molecule has 0 radical (unpaired) electrons. The monoisotopic (exact) mass is 1300 g/mol. The number of carbonyl (C=O) groups excluding carboxylic acids is 11. The summed E-state index contributed by atoms with van der Waals surface area (Å²) in [6, 6.07) is -12.3. The van der Waals surface area contributed by atoms with Gasteiger partial charge in [-0.3, -0.25) is 52.7 Å². The van der Waals surface area contributed by atoms with Gasteiger partial charge in [0, 0.05) is 49.3 Å². The van der Waals surface area contributed by atoms with Gasteiger partial charge in [0.25, 0.3) is 0 Å². The first-order chi connectivity index (χ1) is 42.6. The summed E-state index contributed by atoms with van der Waals surface area (Å²) in [5, 5.41) is 23.1. The third-order valence-electron chi connectivity index (χ3n) is 17.3. The van der Waals surface area contributed by atoms with Crippen LogP contribution in [0, 0.1) is 41.4 Å². The molecule has 0 aromatic carbocycles. The van der Waals surface area contributed by atoms with Crippen molar-refractivity contribution in [3.05, 3.63) is 12.2 Å². The average Bonchev–Trinajstić information content (AvgIpc) is 0.911. The largest absolute Gasteiger partial charge is 0.390 e. The first kappa shape index (κ1) is 85.9. The number of aliphatic hydroxyl groups excluding tert-OH is 1. The zero-order valence-corrected chi connectivity index (χ0v) is 61.6. The molecule has 0 saturated carbocycles. The Bertz CT molecular complexity index is 2410. The molecular formula is C69H127N11O12. The quantitative estimate of drug-likeness (QED) is 0.0710. The van der Waals surface area contributed by atoms with Gasteiger partial charge in [0.15, 0.2) is 0 Å². The van der Waals surface area contributed by atoms with E-state index in [0.717, 1.165) is 9.80 Å². The molecule has 0 aromatic heterocycles. The van der Waals surface area contributed by atoms with Crippen molar-refractivity contribution in [2.24, 2.45) is 41.4 Å². The van der Waals surface area contributed by atoms with E-state index in [1.807, 2.05) is 61.5 Å². The molecule has 1 fully saturated rings. The van der Waals surface area contributed by atoms with Gasteiger partial charge in [0.2, 0.25) is 65.0 Å². The van der Waals surface area contributed by atoms with Crippen LogP contribution in [-0.2, 0) is 52.7 Å². The summed E-state index contributed by atoms with van der Waals surface area (Å²) in [6.45, 7) is 33.8. The molecule has 0 aromatic rings. The third-order valence-corrected chi connectivity index (χ3v) is 17.3. The number of hydrogen-bond donors (Lipinski definition) is 5. The predicted molar refractivity (Wildman–Crippen MR) is 363 cm³/mol. The number of aliphatic hydroxyl groups is 1. The van der Waals surface area contributed by atoms with Gasteiger partial charge in [-0.2, -0.15) is 0 Å². The molecule has 0 spiro atoms. The first-order valence-electron chi connectivity index (χ1n) is 34.0. The summed E-state index contributed by atoms with van der Waals surface area (Å²) < 4.78 is 0. The van der Waals surface area contributed by atoms with Gasteiger partial charge in [-0.05, 0) is 101 Å². The highest BCUT2D eigenvalue weighted by Crippen LogP contribution is 2.26. The highest BCUT2D eigenvalue weighted by Gasteiger charge is 2.46. The number of unbranched alkanes of at least 4 members (excludes halogenated alkanes) is 4. The Kier molecular flexibility index (Phi) is 38.8. The van der Waals surface area contributed by atoms with Gasteiger partial charge < -0.3 is 60.7 Å². The second-order valence-corrected chi connectivity index (χ2v) is 28.2. The van der Waals surface area contributed by atoms with E-state index in [4.69, 9.17) is 0 Å². The number of nitrogens with zero attached hydrogens (tertiary/aromatic N) is 7. The summed E-state index contributed by atoms with van der Waals surface area (Å²) in [7, 11) is 9.92. The number of allylic oxidation sites excluding steroid dienone is 2. The molecule has 0 aliphatic carbocycles. The summed E-state index contributed by atoms with van der Waals surface area (Å²) in [5.41, 5.74) is 0. The maximum Gasteiger partial charge on any atom is 0.246 e. The zero-order chi connectivity index (χ0) is 71.5. The van der Waals surface area contributed by atoms with Crippen LogP contribution in [0.15, 0.2) is 12.2 Å². The standard InChI is InChI=1S/C62H111N11O12.C7H16/c1-25-27-28-40(15)52(75)51-56(79)65-43(26-2)58(81)67(18)33-48(74)68(19)44(29-34(3)4)55(78)66-49(38(11)12)61(84)69(20)45(30-35(5)6)54(77)63-41(16)53(76)64-42(17)57(80)70(21)46(31-36(7)8)59(82)71(22)47(32-37(9)10)60(83)72(23)50(39(13)14)62(85)73(51)24;1-3-5-7-6-4-2/h25,27,34-47,49-52,75H,26,28-33H2,1-24H3,(H,63,77)(H,64,76)(H,65,79)(H,66,78);3-7H2,1-2H3/b27-25+;. The maximum atomic E-state index is 15.1. The highest BCUT2D eigenvalue weighted by atomic mass is 16.3. The summed E-state index contributed by atoms with van der Waals surface area (Å²) in [4.78, 5) is 169. The van der Waals surface area contributed by atoms with Crippen molar-refractivity contribution in [1.82, 2.24) is 55.6 Å². The first-order valence-corrected chi connectivity index (χ1v) is 34.0. The molecule has 0 bridgehead atoms. The van der Waals surface area contributed by atoms with Crippen molar-refractivity contribution < 1.29 is 57.8 Å². The van der Waals surface area contributed by atoms with Crippen LogP contribution in [0.1, 0.15) is 202 Å². The van der Waals surface area contributed by atoms with E-state index in [1.165, 1.54) is 120 Å². The van der Waals surface area contributed by atoms with Crippen molar-refractivity contribution in [3.8, 4) is 0 Å². The summed E-state index contributed by atoms with van der Waals surface area (Å²) >= 11 is 0. The van der Waals surface area contributed by atoms with E-state index >= 15 is 9.59 Å². The molecule has 23 nitrogen and oxygen atoms in total. The van der Waals surface area contributed by atoms with Crippen LogP contribution in [0.5, 0.6) is 0 Å². The Balaban J connectivity index is 0.0000111. The minimum Gasteiger partial charge on any atom is -0.390 e. The second-order valence-electron chi connectivity index (χ2n) is 28.2. The number of rotatable bonds is 19. The molecule has 530 valence electrons. The number of amides is 11. The lowest BCUT2D eigenvalue weighted by atomic mass is 9.91. The van der Waals surface area contributed by atoms with E-state index in [9.17, 15) is 48.3 Å². The van der Waals surface area contributed by atoms with Gasteiger partial charge in [-0.1, -0.05) is 155 Å². The van der Waals surface area contributed by atoms with Crippen molar-refractivity contribution in [2.75, 3.05) is 55.9 Å². The number of likely N-dealkylation sites (N-methyl/N-ethyl adjacent to an activating group) is 7. The van der Waals surface area contributed by atoms with E-state index in [0.29, 0.717) is 6.42 Å². The Morgan fingerprint density at radius 3 is 1.29 bits per heavy atom. The lowest BCUT2D eigenvalue weighted by Crippen LogP contribution is -2.63. The van der Waals surface area contributed by atoms with Crippen LogP contribution < -0.4 is 21.3 Å². The molecule has 1 aliphatic rings. The molecule has 23 heteroatoms. The van der Waals surface area contributed by atoms with Gasteiger partial charge in [0.1, 0.15) is 60.4 Å². The smallest absolute Gasteiger partial charge is 0.246 e. The van der Waals surface area contributed by atoms with Crippen LogP contribution in [0.3, 0.4) is 0 Å². The summed E-state index contributed by atoms with van der Waals surface area (Å²) in [5.74, 6) is -9.71. The highest BCUT2D eigenvalue weighted by molar-refractivity contribution is 5.99. The number of hydrogen-bond acceptors (Lipinski definition) is 12. The Morgan fingerprint density at radius 1 is 0.446 bits per heavy atom. The molecular weight excluding hydrogens is 1170 g/mol. The number of carbonyl (C=O) groups is 11. The van der Waals surface area contributed by atoms with Crippen molar-refractivity contribution >= 4 is 65.0 Å². The van der Waals surface area contributed by atoms with E-state index in [2.05, 4.69) is 35.1 Å². The molecule has 1 rings (SSSR count). The average molecular weight is 1300 g/mol. The van der Waals surface area contributed by atoms with Crippen LogP contribution in [0.25, 0.3) is 0 Å². The molecule has 12 unspecified atom stereocenters. The molecule has 12 atom stereocenters. The zero-order valence-electron chi connectivity index (χ0n) is 61.6. The maximum absolute atomic E-state index is 15.1. The van der Waals surface area contributed by atoms with Gasteiger partial charge in [-0.15, -0.1) is 0 Å². The van der Waals surface area contributed by atoms with Crippen molar-refractivity contribution in [3.63, 3.8) is 0 Å². The summed E-state index contributed by atoms with van der Waals surface area (Å²) in [6.07, 6.45) is 10.1. The molecule has 11 amide bonds. The van der Waals surface area contributed by atoms with Gasteiger partial charge in [-0.25, -0.2) is 0 Å². The lowest BCUT2D eigenvalue weighted by Gasteiger charge is -2.41. The van der Waals surface area contributed by atoms with Crippen LogP contribution in [0.4, 0.5) is 0 Å². The Morgan fingerprint density at radius 2 is 0.859 bits per heavy atom. The SMILES string of the molecule is C/C=C/CC(C)C(O)C1C(=O)NC(CC)C(=O)N(C)CC(=O)N(C)C(CC(C)C)C(=O)NC(C(C)C)C(=O)N(C)C(CC(C)C)C(=O)NC(C)C(=O)NC(C)C(=O)N(C)C(CC(C)C)C(=O)N(C)C(CC(C)C)C(=O)N(C)C(C(C)C)C(=O)N1C.CCCCCCC. The van der Waals surface area contributed by atoms with Crippen molar-refractivity contribution in [2.45, 2.75) is 269 Å². The van der Waals surface area contributed by atoms with Gasteiger partial charge in [0.05, 0.1) is 12.6 Å². The molecule has 92 heavy (non-hydrogen) atoms. The minimum atomic E-state index is -1.61. The van der Waals surface area contributed by atoms with Crippen LogP contribution in [-0.4, -0.2) is 227 Å². The minimum absolute atomic E-state index is 0.0229. The topological polar surface area (TPSA) is 279 Å². The fourth-order valence-corrected chi connectivity index (χ4v) is 11.4. The third kappa shape index (κ3) is 26.3. The van der Waals surface area contributed by atoms with E-state index in [1.54, 1.807) is 54.5 Å². The fourth-order valence-electron chi connectivity index (χ4n) is 11.4. The molecule has 1 heterocycles. The Hall–Kier alpha value is -6.13. The fraction of sp³-hybridized carbons (Fsp3) is 0.812.